The second-order valence-corrected chi connectivity index (χ2v) is 26.3. The van der Waals surface area contributed by atoms with Crippen molar-refractivity contribution in [2.24, 2.45) is 5.92 Å². The Morgan fingerprint density at radius 2 is 1.00 bits per heavy atom. The minimum Gasteiger partial charge on any atom is -0.375 e. The number of likely N-dealkylation sites (tertiary alicyclic amines) is 3. The number of rotatable bonds is 13. The molecular weight excluding hydrogens is 1050 g/mol. The third-order valence-electron chi connectivity index (χ3n) is 19.5. The van der Waals surface area contributed by atoms with Crippen LogP contribution in [-0.4, -0.2) is 168 Å². The highest BCUT2D eigenvalue weighted by molar-refractivity contribution is 6.42. The van der Waals surface area contributed by atoms with Crippen molar-refractivity contribution in [3.05, 3.63) is 106 Å². The van der Waals surface area contributed by atoms with E-state index in [1.165, 1.54) is 123 Å². The molecule has 0 N–H and O–H groups in total. The number of carbonyl (C=O) groups excluding carboxylic acids is 3. The lowest BCUT2D eigenvalue weighted by Gasteiger charge is -2.49. The van der Waals surface area contributed by atoms with Gasteiger partial charge in [0.15, 0.2) is 0 Å². The van der Waals surface area contributed by atoms with Crippen molar-refractivity contribution >= 4 is 40.9 Å². The van der Waals surface area contributed by atoms with Gasteiger partial charge in [0.1, 0.15) is 0 Å². The zero-order valence-corrected chi connectivity index (χ0v) is 52.2. The Morgan fingerprint density at radius 3 is 1.52 bits per heavy atom. The van der Waals surface area contributed by atoms with Gasteiger partial charge in [-0.05, 0) is 190 Å². The zero-order valence-electron chi connectivity index (χ0n) is 50.7. The van der Waals surface area contributed by atoms with Gasteiger partial charge in [-0.1, -0.05) is 130 Å². The van der Waals surface area contributed by atoms with Gasteiger partial charge in [0.25, 0.3) is 0 Å². The molecule has 9 atom stereocenters. The Labute approximate surface area is 499 Å². The number of amides is 3. The van der Waals surface area contributed by atoms with E-state index in [2.05, 4.69) is 64.3 Å². The molecule has 3 aromatic rings. The van der Waals surface area contributed by atoms with Crippen molar-refractivity contribution < 1.29 is 23.9 Å². The lowest BCUT2D eigenvalue weighted by atomic mass is 9.75. The molecule has 3 saturated carbocycles. The smallest absolute Gasteiger partial charge is 0.227 e. The van der Waals surface area contributed by atoms with Crippen molar-refractivity contribution in [2.45, 2.75) is 223 Å². The van der Waals surface area contributed by atoms with Crippen LogP contribution in [0.4, 0.5) is 0 Å². The Kier molecular flexibility index (Phi) is 24.3. The SMILES string of the molecule is CC1COC2(CCC(N(C)C(=O)Cc3ccccc3)C(N3CCCC3)C2)C1.CCC.CCN(C(=O)Cc1ccccc1)C1CCC2(CCCO2)CC1N1CCCC1.CN(C(=O)Cc1ccc(Cl)c(Cl)c1)C1CCCCC1N1CCCC1. The topological polar surface area (TPSA) is 89.1 Å². The van der Waals surface area contributed by atoms with Crippen LogP contribution >= 0.6 is 23.2 Å². The summed E-state index contributed by atoms with van der Waals surface area (Å²) in [7, 11) is 3.99. The molecule has 8 fully saturated rings. The van der Waals surface area contributed by atoms with Crippen molar-refractivity contribution in [3.8, 4) is 0 Å². The van der Waals surface area contributed by atoms with Crippen LogP contribution in [0.3, 0.4) is 0 Å². The van der Waals surface area contributed by atoms with Gasteiger partial charge < -0.3 is 24.2 Å². The van der Waals surface area contributed by atoms with Gasteiger partial charge in [-0.25, -0.2) is 0 Å². The fourth-order valence-corrected chi connectivity index (χ4v) is 15.7. The van der Waals surface area contributed by atoms with Crippen LogP contribution in [0.25, 0.3) is 0 Å². The quantitative estimate of drug-likeness (QED) is 0.167. The standard InChI is InChI=1S/2C23H34N2O2.C19H26Cl2N2O.C3H8/c1-18-15-23(27-17-18)11-10-20(21(16-23)25-12-6-7-13-25)24(2)22(26)14-19-8-4-3-5-9-19;1-2-25(22(26)17-19-9-4-3-5-10-19)20-11-13-23(12-8-16-27-23)18-21(20)24-14-6-7-15-24;1-22(19(24)13-14-8-9-15(20)16(21)12-14)17-6-2-3-7-18(17)23-10-4-5-11-23;1-3-2/h3-5,8-9,18,20-21H,6-7,10-17H2,1-2H3;3-5,9-10,20-21H,2,6-8,11-18H2,1H3;8-9,12,17-18H,2-7,10-11,13H2,1H3;3H2,1-2H3. The number of halogens is 2. The first kappa shape index (κ1) is 63.5. The first-order valence-corrected chi connectivity index (χ1v) is 32.8. The van der Waals surface area contributed by atoms with Crippen molar-refractivity contribution in [1.82, 2.24) is 29.4 Å². The summed E-state index contributed by atoms with van der Waals surface area (Å²) in [5.74, 6) is 1.36. The number of likely N-dealkylation sites (N-methyl/N-ethyl adjacent to an activating group) is 3. The Hall–Kier alpha value is -3.55. The van der Waals surface area contributed by atoms with Crippen LogP contribution in [0.5, 0.6) is 0 Å². The third kappa shape index (κ3) is 17.1. The molecular formula is C68H102Cl2N6O5. The average molecular weight is 1150 g/mol. The Balaban J connectivity index is 0.000000156. The van der Waals surface area contributed by atoms with Gasteiger partial charge in [-0.15, -0.1) is 0 Å². The molecule has 3 amide bonds. The third-order valence-corrected chi connectivity index (χ3v) is 20.3. The van der Waals surface area contributed by atoms with E-state index in [0.29, 0.717) is 71.5 Å². The maximum absolute atomic E-state index is 13.2. The number of hydrogen-bond donors (Lipinski definition) is 0. The van der Waals surface area contributed by atoms with Gasteiger partial charge in [-0.2, -0.15) is 0 Å². The van der Waals surface area contributed by atoms with E-state index in [9.17, 15) is 14.4 Å². The van der Waals surface area contributed by atoms with Gasteiger partial charge >= 0.3 is 0 Å². The number of carbonyl (C=O) groups is 3. The normalized spacial score (nSPS) is 29.5. The largest absolute Gasteiger partial charge is 0.375 e. The van der Waals surface area contributed by atoms with Gasteiger partial charge in [-0.3, -0.25) is 29.1 Å². The van der Waals surface area contributed by atoms with Gasteiger partial charge in [0.2, 0.25) is 17.7 Å². The fraction of sp³-hybridized carbons (Fsp3) is 0.691. The van der Waals surface area contributed by atoms with Crippen LogP contribution in [0.15, 0.2) is 78.9 Å². The summed E-state index contributed by atoms with van der Waals surface area (Å²) >= 11 is 12.0. The molecule has 2 spiro atoms. The van der Waals surface area contributed by atoms with Gasteiger partial charge in [0.05, 0.1) is 40.5 Å². The van der Waals surface area contributed by atoms with E-state index >= 15 is 0 Å². The molecule has 13 heteroatoms. The monoisotopic (exact) mass is 1150 g/mol. The molecule has 5 heterocycles. The van der Waals surface area contributed by atoms with Crippen molar-refractivity contribution in [1.29, 1.82) is 0 Å². The number of hydrogen-bond acceptors (Lipinski definition) is 8. The molecule has 3 aromatic carbocycles. The number of nitrogens with zero attached hydrogens (tertiary/aromatic N) is 6. The predicted molar refractivity (Wildman–Crippen MR) is 331 cm³/mol. The summed E-state index contributed by atoms with van der Waals surface area (Å²) in [4.78, 5) is 53.1. The molecule has 448 valence electrons. The van der Waals surface area contributed by atoms with E-state index < -0.39 is 0 Å². The average Bonchev–Trinajstić information content (AvgIpc) is 4.49. The number of ether oxygens (including phenoxy) is 2. The molecule has 5 saturated heterocycles. The summed E-state index contributed by atoms with van der Waals surface area (Å²) < 4.78 is 12.6. The highest BCUT2D eigenvalue weighted by Crippen LogP contribution is 2.46. The Morgan fingerprint density at radius 1 is 0.519 bits per heavy atom. The highest BCUT2D eigenvalue weighted by Gasteiger charge is 2.50. The van der Waals surface area contributed by atoms with Crippen molar-refractivity contribution in [3.63, 3.8) is 0 Å². The molecule has 0 bridgehead atoms. The minimum absolute atomic E-state index is 0.0620. The zero-order chi connectivity index (χ0) is 57.4. The van der Waals surface area contributed by atoms with E-state index in [1.807, 2.05) is 73.6 Å². The molecule has 9 unspecified atom stereocenters. The van der Waals surface area contributed by atoms with Crippen LogP contribution in [0.1, 0.15) is 173 Å². The predicted octanol–water partition coefficient (Wildman–Crippen LogP) is 13.0. The lowest BCUT2D eigenvalue weighted by molar-refractivity contribution is -0.139. The first-order chi connectivity index (χ1) is 39.2. The van der Waals surface area contributed by atoms with Crippen LogP contribution in [0.2, 0.25) is 10.0 Å². The molecule has 8 aliphatic rings. The van der Waals surface area contributed by atoms with Gasteiger partial charge in [0, 0.05) is 70.1 Å². The van der Waals surface area contributed by atoms with E-state index in [1.54, 1.807) is 12.1 Å². The lowest BCUT2D eigenvalue weighted by Crippen LogP contribution is -2.59. The van der Waals surface area contributed by atoms with E-state index in [-0.39, 0.29) is 28.9 Å². The first-order valence-electron chi connectivity index (χ1n) is 32.1. The van der Waals surface area contributed by atoms with Crippen LogP contribution in [0, 0.1) is 5.92 Å². The molecule has 11 rings (SSSR count). The molecule has 11 nitrogen and oxygen atoms in total. The summed E-state index contributed by atoms with van der Waals surface area (Å²) in [6, 6.07) is 28.2. The summed E-state index contributed by atoms with van der Waals surface area (Å²) in [6.07, 6.45) is 25.4. The molecule has 3 aliphatic carbocycles. The van der Waals surface area contributed by atoms with Crippen LogP contribution in [-0.2, 0) is 43.1 Å². The second kappa shape index (κ2) is 31.0. The summed E-state index contributed by atoms with van der Waals surface area (Å²) in [6.45, 7) is 18.4. The highest BCUT2D eigenvalue weighted by atomic mass is 35.5. The van der Waals surface area contributed by atoms with Crippen molar-refractivity contribution in [2.75, 3.05) is 73.1 Å². The number of benzene rings is 3. The maximum atomic E-state index is 13.2. The maximum Gasteiger partial charge on any atom is 0.227 e. The molecule has 81 heavy (non-hydrogen) atoms. The summed E-state index contributed by atoms with van der Waals surface area (Å²) in [5.41, 5.74) is 3.30. The Bertz CT molecular complexity index is 2390. The fourth-order valence-electron chi connectivity index (χ4n) is 15.4. The van der Waals surface area contributed by atoms with Crippen LogP contribution < -0.4 is 0 Å². The molecule has 0 radical (unpaired) electrons. The molecule has 5 aliphatic heterocycles. The van der Waals surface area contributed by atoms with E-state index in [0.717, 1.165) is 81.4 Å². The second-order valence-electron chi connectivity index (χ2n) is 25.5. The van der Waals surface area contributed by atoms with E-state index in [4.69, 9.17) is 32.7 Å². The molecule has 0 aromatic heterocycles. The summed E-state index contributed by atoms with van der Waals surface area (Å²) in [5, 5.41) is 1.04. The minimum atomic E-state index is 0.0620.